The van der Waals surface area contributed by atoms with E-state index in [-0.39, 0.29) is 5.56 Å². The Labute approximate surface area is 151 Å². The van der Waals surface area contributed by atoms with E-state index >= 15 is 0 Å². The minimum atomic E-state index is -4.99. The second kappa shape index (κ2) is 7.90. The predicted molar refractivity (Wildman–Crippen MR) is 89.3 cm³/mol. The van der Waals surface area contributed by atoms with Gasteiger partial charge in [-0.3, -0.25) is 0 Å². The molecule has 0 atom stereocenters. The van der Waals surface area contributed by atoms with Crippen molar-refractivity contribution in [2.75, 3.05) is 5.73 Å². The van der Waals surface area contributed by atoms with E-state index in [0.717, 1.165) is 6.92 Å². The van der Waals surface area contributed by atoms with Crippen molar-refractivity contribution in [1.29, 1.82) is 0 Å². The molecule has 0 aliphatic carbocycles. The molecule has 26 heavy (non-hydrogen) atoms. The first-order chi connectivity index (χ1) is 11.9. The van der Waals surface area contributed by atoms with Crippen molar-refractivity contribution >= 4 is 23.3 Å². The Morgan fingerprint density at radius 2 is 1.65 bits per heavy atom. The molecule has 2 aromatic carbocycles. The molecule has 0 aromatic heterocycles. The Hall–Kier alpha value is -2.35. The Morgan fingerprint density at radius 3 is 2.12 bits per heavy atom. The lowest BCUT2D eigenvalue weighted by Gasteiger charge is -2.19. The predicted octanol–water partition coefficient (Wildman–Crippen LogP) is 5.92. The number of nitrogens with two attached hydrogens (primary N) is 1. The molecule has 0 heterocycles. The molecule has 0 unspecified atom stereocenters. The lowest BCUT2D eigenvalue weighted by Crippen LogP contribution is -2.14. The standard InChI is InChI=1S/C15H9ClF5NO2.C2H6/c1-5-12(6-3-9(16)11(18)4-10(6)17)8(15(19,20)21)2-7(13(5)22)14(23)24;1-2/h2-4H,22H2,1H3,(H,23,24);1-2H3. The third kappa shape index (κ3) is 4.07. The van der Waals surface area contributed by atoms with Crippen LogP contribution in [0.3, 0.4) is 0 Å². The highest BCUT2D eigenvalue weighted by molar-refractivity contribution is 6.31. The smallest absolute Gasteiger partial charge is 0.417 e. The SMILES string of the molecule is CC.Cc1c(N)c(C(=O)O)cc(C(F)(F)F)c1-c1cc(Cl)c(F)cc1F. The fraction of sp³-hybridized carbons (Fsp3) is 0.235. The van der Waals surface area contributed by atoms with Gasteiger partial charge in [-0.05, 0) is 24.6 Å². The summed E-state index contributed by atoms with van der Waals surface area (Å²) in [7, 11) is 0. The molecular weight excluding hydrogens is 381 g/mol. The second-order valence-corrected chi connectivity index (χ2v) is 5.34. The first-order valence-corrected chi connectivity index (χ1v) is 7.71. The number of carbonyl (C=O) groups is 1. The Balaban J connectivity index is 0.00000163. The Kier molecular flexibility index (Phi) is 6.59. The fourth-order valence-corrected chi connectivity index (χ4v) is 2.46. The average Bonchev–Trinajstić information content (AvgIpc) is 2.54. The molecule has 0 aliphatic heterocycles. The van der Waals surface area contributed by atoms with Crippen molar-refractivity contribution in [3.63, 3.8) is 0 Å². The maximum Gasteiger partial charge on any atom is 0.417 e. The van der Waals surface area contributed by atoms with E-state index in [2.05, 4.69) is 0 Å². The summed E-state index contributed by atoms with van der Waals surface area (Å²) in [5, 5.41) is 8.40. The van der Waals surface area contributed by atoms with Crippen molar-refractivity contribution in [3.05, 3.63) is 51.5 Å². The number of hydrogen-bond donors (Lipinski definition) is 2. The van der Waals surface area contributed by atoms with Crippen molar-refractivity contribution in [2.45, 2.75) is 26.9 Å². The third-order valence-electron chi connectivity index (χ3n) is 3.44. The van der Waals surface area contributed by atoms with E-state index < -0.39 is 56.7 Å². The first-order valence-electron chi connectivity index (χ1n) is 7.33. The molecule has 2 aromatic rings. The van der Waals surface area contributed by atoms with Gasteiger partial charge >= 0.3 is 12.1 Å². The number of alkyl halides is 3. The molecule has 2 rings (SSSR count). The molecule has 9 heteroatoms. The maximum atomic E-state index is 14.0. The summed E-state index contributed by atoms with van der Waals surface area (Å²) < 4.78 is 67.3. The summed E-state index contributed by atoms with van der Waals surface area (Å²) in [6.45, 7) is 5.11. The zero-order valence-electron chi connectivity index (χ0n) is 13.9. The monoisotopic (exact) mass is 395 g/mol. The summed E-state index contributed by atoms with van der Waals surface area (Å²) in [4.78, 5) is 11.1. The van der Waals surface area contributed by atoms with E-state index in [1.807, 2.05) is 13.8 Å². The molecule has 3 nitrogen and oxygen atoms in total. The number of benzene rings is 2. The van der Waals surface area contributed by atoms with Gasteiger partial charge in [-0.25, -0.2) is 13.6 Å². The van der Waals surface area contributed by atoms with Crippen molar-refractivity contribution in [2.24, 2.45) is 0 Å². The number of hydrogen-bond acceptors (Lipinski definition) is 2. The van der Waals surface area contributed by atoms with Crippen molar-refractivity contribution in [1.82, 2.24) is 0 Å². The normalized spacial score (nSPS) is 11.0. The molecule has 0 saturated carbocycles. The van der Waals surface area contributed by atoms with Gasteiger partial charge in [0, 0.05) is 22.9 Å². The Bertz CT molecular complexity index is 850. The molecule has 0 radical (unpaired) electrons. The Morgan fingerprint density at radius 1 is 1.12 bits per heavy atom. The topological polar surface area (TPSA) is 63.3 Å². The van der Waals surface area contributed by atoms with Crippen LogP contribution in [0.5, 0.6) is 0 Å². The average molecular weight is 396 g/mol. The highest BCUT2D eigenvalue weighted by atomic mass is 35.5. The zero-order valence-corrected chi connectivity index (χ0v) is 14.7. The maximum absolute atomic E-state index is 14.0. The lowest BCUT2D eigenvalue weighted by atomic mass is 9.90. The summed E-state index contributed by atoms with van der Waals surface area (Å²) in [5.74, 6) is -4.09. The minimum absolute atomic E-state index is 0.302. The number of rotatable bonds is 2. The number of carboxylic acids is 1. The number of halogens is 6. The molecule has 3 N–H and O–H groups in total. The third-order valence-corrected chi connectivity index (χ3v) is 3.73. The van der Waals surface area contributed by atoms with Crippen LogP contribution >= 0.6 is 11.6 Å². The highest BCUT2D eigenvalue weighted by Crippen LogP contribution is 2.43. The van der Waals surface area contributed by atoms with Gasteiger partial charge in [0.1, 0.15) is 11.6 Å². The summed E-state index contributed by atoms with van der Waals surface area (Å²) in [6, 6.07) is 1.36. The largest absolute Gasteiger partial charge is 0.478 e. The van der Waals surface area contributed by atoms with E-state index in [4.69, 9.17) is 22.4 Å². The van der Waals surface area contributed by atoms with Gasteiger partial charge in [-0.2, -0.15) is 13.2 Å². The van der Waals surface area contributed by atoms with Gasteiger partial charge in [-0.1, -0.05) is 25.4 Å². The fourth-order valence-electron chi connectivity index (χ4n) is 2.29. The van der Waals surface area contributed by atoms with Crippen LogP contribution in [-0.4, -0.2) is 11.1 Å². The molecule has 0 saturated heterocycles. The summed E-state index contributed by atoms with van der Waals surface area (Å²) >= 11 is 5.53. The van der Waals surface area contributed by atoms with E-state index in [1.165, 1.54) is 0 Å². The van der Waals surface area contributed by atoms with E-state index in [0.29, 0.717) is 18.2 Å². The highest BCUT2D eigenvalue weighted by Gasteiger charge is 2.37. The van der Waals surface area contributed by atoms with Crippen molar-refractivity contribution in [3.8, 4) is 11.1 Å². The molecule has 0 aliphatic rings. The molecule has 0 bridgehead atoms. The van der Waals surface area contributed by atoms with Gasteiger partial charge in [-0.15, -0.1) is 0 Å². The van der Waals surface area contributed by atoms with Crippen molar-refractivity contribution < 1.29 is 31.9 Å². The van der Waals surface area contributed by atoms with Crippen LogP contribution in [0.2, 0.25) is 5.02 Å². The van der Waals surface area contributed by atoms with Gasteiger partial charge < -0.3 is 10.8 Å². The molecule has 0 spiro atoms. The van der Waals surface area contributed by atoms with Crippen LogP contribution in [0, 0.1) is 18.6 Å². The molecule has 0 fully saturated rings. The van der Waals surface area contributed by atoms with Gasteiger partial charge in [0.15, 0.2) is 0 Å². The first kappa shape index (κ1) is 21.7. The number of nitrogen functional groups attached to an aromatic ring is 1. The second-order valence-electron chi connectivity index (χ2n) is 4.93. The summed E-state index contributed by atoms with van der Waals surface area (Å²) in [5.41, 5.74) is 1.32. The zero-order chi connectivity index (χ0) is 20.4. The van der Waals surface area contributed by atoms with Crippen LogP contribution in [0.1, 0.15) is 35.3 Å². The minimum Gasteiger partial charge on any atom is -0.478 e. The van der Waals surface area contributed by atoms with Crippen LogP contribution in [0.15, 0.2) is 18.2 Å². The van der Waals surface area contributed by atoms with Gasteiger partial charge in [0.25, 0.3) is 0 Å². The lowest BCUT2D eigenvalue weighted by molar-refractivity contribution is -0.137. The molecular formula is C17H15ClF5NO2. The van der Waals surface area contributed by atoms with E-state index in [9.17, 15) is 26.7 Å². The van der Waals surface area contributed by atoms with Crippen LogP contribution < -0.4 is 5.73 Å². The van der Waals surface area contributed by atoms with E-state index in [1.54, 1.807) is 0 Å². The quantitative estimate of drug-likeness (QED) is 0.377. The summed E-state index contributed by atoms with van der Waals surface area (Å²) in [6.07, 6.45) is -4.99. The molecule has 0 amide bonds. The van der Waals surface area contributed by atoms with Crippen LogP contribution in [0.4, 0.5) is 27.6 Å². The number of carboxylic acid groups (broad SMARTS) is 1. The van der Waals surface area contributed by atoms with Crippen LogP contribution in [0.25, 0.3) is 11.1 Å². The number of anilines is 1. The van der Waals surface area contributed by atoms with Gasteiger partial charge in [0.05, 0.1) is 16.1 Å². The molecule has 142 valence electrons. The van der Waals surface area contributed by atoms with Gasteiger partial charge in [0.2, 0.25) is 0 Å². The number of aromatic carboxylic acids is 1. The van der Waals surface area contributed by atoms with Crippen LogP contribution in [-0.2, 0) is 6.18 Å².